The van der Waals surface area contributed by atoms with Gasteiger partial charge in [-0.25, -0.2) is 0 Å². The number of aliphatic hydroxyl groups is 6. The highest BCUT2D eigenvalue weighted by atomic mass is 16.4. The predicted molar refractivity (Wildman–Crippen MR) is 336 cm³/mol. The van der Waals surface area contributed by atoms with E-state index in [-0.39, 0.29) is 13.6 Å². The molecule has 0 spiro atoms. The minimum absolute atomic E-state index is 0. The van der Waals surface area contributed by atoms with Gasteiger partial charge in [-0.1, -0.05) is 279 Å². The van der Waals surface area contributed by atoms with Crippen molar-refractivity contribution >= 4 is 0 Å². The van der Waals surface area contributed by atoms with Gasteiger partial charge >= 0.3 is 0 Å². The van der Waals surface area contributed by atoms with Crippen LogP contribution in [0.2, 0.25) is 0 Å². The summed E-state index contributed by atoms with van der Waals surface area (Å²) in [5.74, 6) is 17.6. The molecule has 460 valence electrons. The fourth-order valence-electron chi connectivity index (χ4n) is 9.57. The van der Waals surface area contributed by atoms with E-state index in [2.05, 4.69) is 208 Å². The van der Waals surface area contributed by atoms with Gasteiger partial charge in [-0.3, -0.25) is 0 Å². The largest absolute Gasteiger partial charge is 0.394 e. The first-order valence-electron chi connectivity index (χ1n) is 31.2. The highest BCUT2D eigenvalue weighted by Gasteiger charge is 2.30. The van der Waals surface area contributed by atoms with Gasteiger partial charge in [0.2, 0.25) is 0 Å². The lowest BCUT2D eigenvalue weighted by molar-refractivity contribution is -0.123. The Labute approximate surface area is 470 Å². The van der Waals surface area contributed by atoms with Gasteiger partial charge in [0.25, 0.3) is 0 Å². The molecule has 0 aliphatic carbocycles. The fourth-order valence-corrected chi connectivity index (χ4v) is 9.57. The van der Waals surface area contributed by atoms with Crippen molar-refractivity contribution in [1.82, 2.24) is 6.15 Å². The van der Waals surface area contributed by atoms with Gasteiger partial charge in [0.05, 0.1) is 13.2 Å². The first-order chi connectivity index (χ1) is 33.2. The molecule has 0 aromatic heterocycles. The van der Waals surface area contributed by atoms with Crippen LogP contribution in [0.15, 0.2) is 0 Å². The second-order valence-corrected chi connectivity index (χ2v) is 24.9. The highest BCUT2D eigenvalue weighted by Crippen LogP contribution is 2.33. The molecule has 24 unspecified atom stereocenters. The van der Waals surface area contributed by atoms with Crippen LogP contribution in [0.1, 0.15) is 279 Å². The van der Waals surface area contributed by atoms with Crippen molar-refractivity contribution in [1.29, 1.82) is 0 Å². The molecule has 0 aromatic rings. The monoisotopic (exact) mass is 1070 g/mol. The van der Waals surface area contributed by atoms with E-state index in [0.29, 0.717) is 0 Å². The van der Waals surface area contributed by atoms with Crippen LogP contribution < -0.4 is 6.15 Å². The molecule has 0 fully saturated rings. The topological polar surface area (TPSA) is 156 Å². The summed E-state index contributed by atoms with van der Waals surface area (Å²) in [6, 6.07) is 0. The average molecular weight is 1070 g/mol. The third kappa shape index (κ3) is 39.1. The molecular formula is C67H151NO6. The van der Waals surface area contributed by atoms with Crippen molar-refractivity contribution in [3.8, 4) is 0 Å². The highest BCUT2D eigenvalue weighted by molar-refractivity contribution is 4.80. The smallest absolute Gasteiger partial charge is 0.111 e. The number of hydrogen-bond acceptors (Lipinski definition) is 7. The maximum Gasteiger partial charge on any atom is 0.111 e. The van der Waals surface area contributed by atoms with E-state index < -0.39 is 37.6 Å². The first-order valence-corrected chi connectivity index (χ1v) is 31.2. The first kappa shape index (κ1) is 90.3. The van der Waals surface area contributed by atoms with E-state index in [1.807, 2.05) is 0 Å². The molecule has 0 aromatic carbocycles. The Hall–Kier alpha value is -0.280. The van der Waals surface area contributed by atoms with Gasteiger partial charge in [-0.15, -0.1) is 0 Å². The molecule has 0 amide bonds. The average Bonchev–Trinajstić information content (AvgIpc) is 3.42. The summed E-state index contributed by atoms with van der Waals surface area (Å²) < 4.78 is 0. The summed E-state index contributed by atoms with van der Waals surface area (Å²) in [6.45, 7) is 69.4. The lowest BCUT2D eigenvalue weighted by atomic mass is 9.77. The molecule has 0 radical (unpaired) electrons. The van der Waals surface area contributed by atoms with E-state index >= 15 is 0 Å². The SMILES string of the molecule is C.CCC(C)C(C)C(C)C(C)CC.CCC(C)C(C)C(C)C(C)CC.CCC(C)C(C)C(C)C(C)CC.CCC(C)C(C)C(C)C(C)CC.CCC(C)C(C)C(C)C(C)CC.N.OCC(O)C(O)C(O)C(O)CO. The lowest BCUT2D eigenvalue weighted by Gasteiger charge is -2.29. The van der Waals surface area contributed by atoms with E-state index in [0.717, 1.165) is 118 Å². The van der Waals surface area contributed by atoms with Crippen molar-refractivity contribution in [3.63, 3.8) is 0 Å². The van der Waals surface area contributed by atoms with Crippen molar-refractivity contribution < 1.29 is 30.6 Å². The molecule has 0 saturated carbocycles. The van der Waals surface area contributed by atoms with E-state index in [1.165, 1.54) is 64.2 Å². The van der Waals surface area contributed by atoms with E-state index in [9.17, 15) is 0 Å². The zero-order valence-corrected chi connectivity index (χ0v) is 55.7. The zero-order chi connectivity index (χ0) is 58.3. The Bertz CT molecular complexity index is 810. The van der Waals surface area contributed by atoms with Crippen LogP contribution in [0.25, 0.3) is 0 Å². The predicted octanol–water partition coefficient (Wildman–Crippen LogP) is 19.0. The summed E-state index contributed by atoms with van der Waals surface area (Å²) in [6.07, 6.45) is 6.82. The molecule has 7 heteroatoms. The molecule has 0 aliphatic heterocycles. The van der Waals surface area contributed by atoms with Crippen molar-refractivity contribution in [3.05, 3.63) is 0 Å². The zero-order valence-electron chi connectivity index (χ0n) is 55.7. The summed E-state index contributed by atoms with van der Waals surface area (Å²) in [5.41, 5.74) is 0. The molecule has 74 heavy (non-hydrogen) atoms. The second-order valence-electron chi connectivity index (χ2n) is 24.9. The lowest BCUT2D eigenvalue weighted by Crippen LogP contribution is -2.46. The van der Waals surface area contributed by atoms with E-state index in [1.54, 1.807) is 0 Å². The minimum atomic E-state index is -1.67. The van der Waals surface area contributed by atoms with Crippen LogP contribution in [0.5, 0.6) is 0 Å². The van der Waals surface area contributed by atoms with Gasteiger partial charge in [0.15, 0.2) is 0 Å². The minimum Gasteiger partial charge on any atom is -0.394 e. The quantitative estimate of drug-likeness (QED) is 0.0378. The van der Waals surface area contributed by atoms with Gasteiger partial charge in [0, 0.05) is 0 Å². The molecular weight excluding hydrogens is 915 g/mol. The van der Waals surface area contributed by atoms with Crippen LogP contribution in [0, 0.1) is 118 Å². The summed E-state index contributed by atoms with van der Waals surface area (Å²) in [7, 11) is 0. The van der Waals surface area contributed by atoms with Crippen LogP contribution in [-0.4, -0.2) is 68.3 Å². The Morgan fingerprint density at radius 2 is 0.297 bits per heavy atom. The maximum atomic E-state index is 8.96. The molecule has 0 rings (SSSR count). The van der Waals surface area contributed by atoms with Crippen molar-refractivity contribution in [2.75, 3.05) is 13.2 Å². The van der Waals surface area contributed by atoms with Crippen molar-refractivity contribution in [2.24, 2.45) is 118 Å². The third-order valence-corrected chi connectivity index (χ3v) is 21.1. The van der Waals surface area contributed by atoms with Crippen molar-refractivity contribution in [2.45, 2.75) is 304 Å². The normalized spacial score (nSPS) is 20.9. The Morgan fingerprint density at radius 3 is 0.351 bits per heavy atom. The Kier molecular flexibility index (Phi) is 65.1. The maximum absolute atomic E-state index is 8.96. The van der Waals surface area contributed by atoms with Crippen LogP contribution >= 0.6 is 0 Å². The summed E-state index contributed by atoms with van der Waals surface area (Å²) >= 11 is 0. The number of hydrogen-bond donors (Lipinski definition) is 7. The molecule has 24 atom stereocenters. The van der Waals surface area contributed by atoms with Gasteiger partial charge in [-0.05, 0) is 118 Å². The number of rotatable bonds is 30. The van der Waals surface area contributed by atoms with Gasteiger partial charge in [0.1, 0.15) is 24.4 Å². The van der Waals surface area contributed by atoms with Gasteiger partial charge in [-0.2, -0.15) is 0 Å². The molecule has 7 nitrogen and oxygen atoms in total. The Morgan fingerprint density at radius 1 is 0.216 bits per heavy atom. The number of aliphatic hydroxyl groups excluding tert-OH is 6. The summed E-state index contributed by atoms with van der Waals surface area (Å²) in [4.78, 5) is 0. The van der Waals surface area contributed by atoms with Gasteiger partial charge < -0.3 is 36.8 Å². The van der Waals surface area contributed by atoms with Crippen LogP contribution in [-0.2, 0) is 0 Å². The van der Waals surface area contributed by atoms with E-state index in [4.69, 9.17) is 30.6 Å². The molecule has 0 heterocycles. The fraction of sp³-hybridized carbons (Fsp3) is 1.00. The summed E-state index contributed by atoms with van der Waals surface area (Å²) in [5, 5.41) is 52.2. The van der Waals surface area contributed by atoms with Crippen LogP contribution in [0.3, 0.4) is 0 Å². The standard InChI is InChI=1S/5C12H26.C6H14O6.CH4.H3N/c5*1-7-9(3)11(5)12(6)10(4)8-2;7-1-3(9)5(11)6(12)4(10)2-8;;/h5*9-12H,7-8H2,1-6H3;3-12H,1-2H2;1H4;1H3. The van der Waals surface area contributed by atoms with Crippen LogP contribution in [0.4, 0.5) is 0 Å². The molecule has 9 N–H and O–H groups in total. The Balaban J connectivity index is -0.000000117. The molecule has 0 aliphatic rings. The molecule has 0 bridgehead atoms. The third-order valence-electron chi connectivity index (χ3n) is 21.1. The molecule has 0 saturated heterocycles. The second kappa shape index (κ2) is 53.4.